The summed E-state index contributed by atoms with van der Waals surface area (Å²) in [5.41, 5.74) is 8.20. The monoisotopic (exact) mass is 319 g/mol. The van der Waals surface area contributed by atoms with Crippen molar-refractivity contribution < 1.29 is 9.94 Å². The normalized spacial score (nSPS) is 17.4. The number of amidine groups is 1. The van der Waals surface area contributed by atoms with E-state index in [1.807, 2.05) is 18.2 Å². The van der Waals surface area contributed by atoms with Crippen molar-refractivity contribution >= 4 is 5.84 Å². The van der Waals surface area contributed by atoms with Crippen molar-refractivity contribution in [1.82, 2.24) is 4.90 Å². The molecular weight excluding hydrogens is 290 g/mol. The number of unbranched alkanes of at least 4 members (excludes halogenated alkanes) is 2. The second kappa shape index (κ2) is 9.53. The molecule has 0 saturated carbocycles. The zero-order valence-electron chi connectivity index (χ0n) is 14.1. The fourth-order valence-corrected chi connectivity index (χ4v) is 2.81. The first-order chi connectivity index (χ1) is 11.2. The fourth-order valence-electron chi connectivity index (χ4n) is 2.81. The third-order valence-electron chi connectivity index (χ3n) is 4.25. The average Bonchev–Trinajstić information content (AvgIpc) is 2.57. The Morgan fingerprint density at radius 3 is 2.78 bits per heavy atom. The Labute approximate surface area is 139 Å². The van der Waals surface area contributed by atoms with Gasteiger partial charge in [-0.15, -0.1) is 0 Å². The molecule has 0 atom stereocenters. The highest BCUT2D eigenvalue weighted by molar-refractivity contribution is 5.98. The summed E-state index contributed by atoms with van der Waals surface area (Å²) >= 11 is 0. The fraction of sp³-hybridized carbons (Fsp3) is 0.611. The van der Waals surface area contributed by atoms with E-state index in [0.29, 0.717) is 12.4 Å². The van der Waals surface area contributed by atoms with Gasteiger partial charge in [-0.1, -0.05) is 49.2 Å². The van der Waals surface area contributed by atoms with E-state index in [9.17, 15) is 5.11 Å². The van der Waals surface area contributed by atoms with Gasteiger partial charge in [-0.25, -0.2) is 0 Å². The third-order valence-corrected chi connectivity index (χ3v) is 4.25. The standard InChI is InChI=1S/C18H29N3O2/c1-2-3-6-13-23-20-18(19)17-8-5-4-7-15(17)14-21-11-9-16(22)10-12-21/h4-5,7-8,16,22H,2-3,6,9-14H2,1H3,(H2,19,20). The van der Waals surface area contributed by atoms with Crippen LogP contribution in [0, 0.1) is 0 Å². The number of aliphatic hydroxyl groups is 1. The molecule has 0 amide bonds. The highest BCUT2D eigenvalue weighted by atomic mass is 16.6. The first kappa shape index (κ1) is 17.8. The first-order valence-electron chi connectivity index (χ1n) is 8.64. The number of benzene rings is 1. The summed E-state index contributed by atoms with van der Waals surface area (Å²) in [6.07, 6.45) is 4.84. The summed E-state index contributed by atoms with van der Waals surface area (Å²) in [6, 6.07) is 8.06. The van der Waals surface area contributed by atoms with Gasteiger partial charge in [0.05, 0.1) is 6.10 Å². The van der Waals surface area contributed by atoms with Gasteiger partial charge in [0.25, 0.3) is 0 Å². The van der Waals surface area contributed by atoms with Gasteiger partial charge in [-0.2, -0.15) is 0 Å². The highest BCUT2D eigenvalue weighted by Gasteiger charge is 2.18. The lowest BCUT2D eigenvalue weighted by molar-refractivity contribution is 0.0792. The van der Waals surface area contributed by atoms with E-state index >= 15 is 0 Å². The van der Waals surface area contributed by atoms with Gasteiger partial charge in [-0.05, 0) is 24.8 Å². The van der Waals surface area contributed by atoms with Crippen LogP contribution in [-0.2, 0) is 11.4 Å². The van der Waals surface area contributed by atoms with E-state index in [2.05, 4.69) is 23.0 Å². The van der Waals surface area contributed by atoms with E-state index < -0.39 is 0 Å². The molecule has 0 radical (unpaired) electrons. The Morgan fingerprint density at radius 2 is 2.04 bits per heavy atom. The Morgan fingerprint density at radius 1 is 1.30 bits per heavy atom. The quantitative estimate of drug-likeness (QED) is 0.334. The minimum atomic E-state index is -0.148. The largest absolute Gasteiger partial charge is 0.394 e. The molecule has 23 heavy (non-hydrogen) atoms. The van der Waals surface area contributed by atoms with Crippen molar-refractivity contribution in [2.75, 3.05) is 19.7 Å². The Bertz CT molecular complexity index is 497. The molecule has 0 unspecified atom stereocenters. The summed E-state index contributed by atoms with van der Waals surface area (Å²) in [6.45, 7) is 5.43. The molecule has 2 rings (SSSR count). The van der Waals surface area contributed by atoms with Gasteiger partial charge in [0.15, 0.2) is 5.84 Å². The summed E-state index contributed by atoms with van der Waals surface area (Å²) in [7, 11) is 0. The number of rotatable bonds is 8. The predicted octanol–water partition coefficient (Wildman–Crippen LogP) is 2.47. The van der Waals surface area contributed by atoms with Crippen molar-refractivity contribution in [3.63, 3.8) is 0 Å². The summed E-state index contributed by atoms with van der Waals surface area (Å²) in [4.78, 5) is 7.68. The maximum atomic E-state index is 9.61. The maximum Gasteiger partial charge on any atom is 0.170 e. The van der Waals surface area contributed by atoms with Gasteiger partial charge < -0.3 is 15.7 Å². The number of piperidine rings is 1. The molecule has 128 valence electrons. The number of nitrogens with zero attached hydrogens (tertiary/aromatic N) is 2. The van der Waals surface area contributed by atoms with Gasteiger partial charge in [0, 0.05) is 25.2 Å². The second-order valence-electron chi connectivity index (χ2n) is 6.18. The van der Waals surface area contributed by atoms with Gasteiger partial charge in [0.1, 0.15) is 6.61 Å². The molecule has 1 saturated heterocycles. The molecule has 0 aromatic heterocycles. The van der Waals surface area contributed by atoms with Crippen molar-refractivity contribution in [2.24, 2.45) is 10.9 Å². The zero-order valence-corrected chi connectivity index (χ0v) is 14.1. The lowest BCUT2D eigenvalue weighted by Crippen LogP contribution is -2.35. The van der Waals surface area contributed by atoms with Crippen molar-refractivity contribution in [1.29, 1.82) is 0 Å². The smallest absolute Gasteiger partial charge is 0.170 e. The van der Waals surface area contributed by atoms with Crippen LogP contribution in [0.2, 0.25) is 0 Å². The summed E-state index contributed by atoms with van der Waals surface area (Å²) < 4.78 is 0. The number of oxime groups is 1. The van der Waals surface area contributed by atoms with E-state index in [0.717, 1.165) is 62.9 Å². The average molecular weight is 319 g/mol. The predicted molar refractivity (Wildman–Crippen MR) is 93.2 cm³/mol. The van der Waals surface area contributed by atoms with E-state index in [1.54, 1.807) is 0 Å². The van der Waals surface area contributed by atoms with Crippen molar-refractivity contribution in [3.8, 4) is 0 Å². The molecule has 1 aromatic rings. The SMILES string of the molecule is CCCCCO/N=C(/N)c1ccccc1CN1CCC(O)CC1. The summed E-state index contributed by atoms with van der Waals surface area (Å²) in [5, 5.41) is 13.7. The molecule has 0 spiro atoms. The van der Waals surface area contributed by atoms with Crippen LogP contribution in [0.3, 0.4) is 0 Å². The van der Waals surface area contributed by atoms with E-state index in [4.69, 9.17) is 10.6 Å². The topological polar surface area (TPSA) is 71.1 Å². The highest BCUT2D eigenvalue weighted by Crippen LogP contribution is 2.16. The number of likely N-dealkylation sites (tertiary alicyclic amines) is 1. The second-order valence-corrected chi connectivity index (χ2v) is 6.18. The molecule has 5 heteroatoms. The minimum Gasteiger partial charge on any atom is -0.394 e. The van der Waals surface area contributed by atoms with Crippen LogP contribution >= 0.6 is 0 Å². The number of nitrogens with two attached hydrogens (primary N) is 1. The van der Waals surface area contributed by atoms with E-state index in [1.165, 1.54) is 0 Å². The van der Waals surface area contributed by atoms with Crippen LogP contribution in [0.25, 0.3) is 0 Å². The Kier molecular flexibility index (Phi) is 7.36. The number of hydrogen-bond acceptors (Lipinski definition) is 4. The summed E-state index contributed by atoms with van der Waals surface area (Å²) in [5.74, 6) is 0.439. The first-order valence-corrected chi connectivity index (χ1v) is 8.64. The van der Waals surface area contributed by atoms with Crippen LogP contribution in [0.4, 0.5) is 0 Å². The molecule has 1 fully saturated rings. The Balaban J connectivity index is 1.94. The molecule has 1 aliphatic heterocycles. The maximum absolute atomic E-state index is 9.61. The van der Waals surface area contributed by atoms with Crippen molar-refractivity contribution in [3.05, 3.63) is 35.4 Å². The minimum absolute atomic E-state index is 0.148. The molecule has 1 aliphatic rings. The van der Waals surface area contributed by atoms with Crippen LogP contribution in [0.15, 0.2) is 29.4 Å². The molecule has 0 aliphatic carbocycles. The van der Waals surface area contributed by atoms with Gasteiger partial charge >= 0.3 is 0 Å². The van der Waals surface area contributed by atoms with Crippen molar-refractivity contribution in [2.45, 2.75) is 51.7 Å². The molecular formula is C18H29N3O2. The van der Waals surface area contributed by atoms with E-state index in [-0.39, 0.29) is 6.10 Å². The van der Waals surface area contributed by atoms with Gasteiger partial charge in [0.2, 0.25) is 0 Å². The van der Waals surface area contributed by atoms with Crippen LogP contribution < -0.4 is 5.73 Å². The number of hydrogen-bond donors (Lipinski definition) is 2. The Hall–Kier alpha value is -1.59. The van der Waals surface area contributed by atoms with Crippen LogP contribution in [0.5, 0.6) is 0 Å². The lowest BCUT2D eigenvalue weighted by atomic mass is 10.0. The van der Waals surface area contributed by atoms with Crippen LogP contribution in [0.1, 0.15) is 50.2 Å². The van der Waals surface area contributed by atoms with Gasteiger partial charge in [-0.3, -0.25) is 4.90 Å². The molecule has 1 heterocycles. The van der Waals surface area contributed by atoms with Crippen LogP contribution in [-0.4, -0.2) is 41.6 Å². The molecule has 1 aromatic carbocycles. The molecule has 3 N–H and O–H groups in total. The number of aliphatic hydroxyl groups excluding tert-OH is 1. The molecule has 0 bridgehead atoms. The third kappa shape index (κ3) is 5.84. The zero-order chi connectivity index (χ0) is 16.5. The lowest BCUT2D eigenvalue weighted by Gasteiger charge is -2.30. The molecule has 5 nitrogen and oxygen atoms in total.